The molecule has 0 aromatic heterocycles. The molecule has 1 saturated heterocycles. The van der Waals surface area contributed by atoms with Crippen LogP contribution in [-0.2, 0) is 9.59 Å². The maximum absolute atomic E-state index is 12.1. The summed E-state index contributed by atoms with van der Waals surface area (Å²) in [4.78, 5) is 35.4. The van der Waals surface area contributed by atoms with E-state index in [1.54, 1.807) is 24.3 Å². The van der Waals surface area contributed by atoms with Gasteiger partial charge in [-0.15, -0.1) is 6.42 Å². The lowest BCUT2D eigenvalue weighted by molar-refractivity contribution is -0.307. The molecule has 2 amide bonds. The van der Waals surface area contributed by atoms with Crippen LogP contribution in [0.5, 0.6) is 5.75 Å². The van der Waals surface area contributed by atoms with Crippen LogP contribution in [-0.4, -0.2) is 35.2 Å². The molecule has 0 unspecified atom stereocenters. The largest absolute Gasteiger partial charge is 0.546 e. The number of terminal acetylenes is 1. The molecule has 2 rings (SSSR count). The van der Waals surface area contributed by atoms with Crippen LogP contribution in [0.15, 0.2) is 27.6 Å². The van der Waals surface area contributed by atoms with Gasteiger partial charge in [0, 0.05) is 0 Å². The first-order chi connectivity index (χ1) is 10.9. The first-order valence-electron chi connectivity index (χ1n) is 6.23. The number of hydrogen-bond donors (Lipinski definition) is 0. The van der Waals surface area contributed by atoms with Gasteiger partial charge in [-0.25, -0.2) is 0 Å². The summed E-state index contributed by atoms with van der Waals surface area (Å²) in [6, 6.07) is 4.81. The van der Waals surface area contributed by atoms with Crippen LogP contribution in [0.25, 0.3) is 6.08 Å². The van der Waals surface area contributed by atoms with Crippen LogP contribution in [0.2, 0.25) is 0 Å². The van der Waals surface area contributed by atoms with Gasteiger partial charge in [0.05, 0.1) is 21.9 Å². The minimum atomic E-state index is -1.33. The molecule has 0 saturated carbocycles. The highest BCUT2D eigenvalue weighted by molar-refractivity contribution is 9.10. The van der Waals surface area contributed by atoms with E-state index in [4.69, 9.17) is 11.2 Å². The number of thioether (sulfide) groups is 1. The number of amides is 2. The Morgan fingerprint density at radius 3 is 2.83 bits per heavy atom. The fourth-order valence-corrected chi connectivity index (χ4v) is 3.09. The van der Waals surface area contributed by atoms with Crippen molar-refractivity contribution in [2.75, 3.05) is 13.2 Å². The summed E-state index contributed by atoms with van der Waals surface area (Å²) in [6.07, 6.45) is 6.68. The molecule has 0 atom stereocenters. The monoisotopic (exact) mass is 394 g/mol. The third-order valence-corrected chi connectivity index (χ3v) is 4.25. The van der Waals surface area contributed by atoms with E-state index in [9.17, 15) is 19.5 Å². The smallest absolute Gasteiger partial charge is 0.294 e. The number of carbonyl (C=O) groups is 3. The molecular weight excluding hydrogens is 386 g/mol. The quantitative estimate of drug-likeness (QED) is 0.551. The third kappa shape index (κ3) is 4.15. The number of benzene rings is 1. The van der Waals surface area contributed by atoms with Crippen LogP contribution >= 0.6 is 27.7 Å². The molecular formula is C15H9BrNO5S-. The van der Waals surface area contributed by atoms with Crippen molar-refractivity contribution in [3.63, 3.8) is 0 Å². The van der Waals surface area contributed by atoms with Crippen molar-refractivity contribution in [2.24, 2.45) is 0 Å². The van der Waals surface area contributed by atoms with Gasteiger partial charge >= 0.3 is 0 Å². The Kier molecular flexibility index (Phi) is 5.47. The number of hydrogen-bond acceptors (Lipinski definition) is 6. The Bertz CT molecular complexity index is 753. The lowest BCUT2D eigenvalue weighted by atomic mass is 10.2. The summed E-state index contributed by atoms with van der Waals surface area (Å²) < 4.78 is 5.53. The van der Waals surface area contributed by atoms with Gasteiger partial charge < -0.3 is 14.6 Å². The van der Waals surface area contributed by atoms with Gasteiger partial charge in [0.1, 0.15) is 12.4 Å². The van der Waals surface area contributed by atoms with Crippen molar-refractivity contribution in [3.05, 3.63) is 33.1 Å². The molecule has 0 bridgehead atoms. The van der Waals surface area contributed by atoms with Gasteiger partial charge in [-0.05, 0) is 51.5 Å². The van der Waals surface area contributed by atoms with E-state index in [2.05, 4.69) is 21.9 Å². The van der Waals surface area contributed by atoms with Gasteiger partial charge in [0.15, 0.2) is 0 Å². The average molecular weight is 395 g/mol. The van der Waals surface area contributed by atoms with E-state index >= 15 is 0 Å². The van der Waals surface area contributed by atoms with E-state index in [1.807, 2.05) is 0 Å². The topological polar surface area (TPSA) is 86.7 Å². The lowest BCUT2D eigenvalue weighted by Crippen LogP contribution is -2.29. The number of halogens is 1. The number of rotatable bonds is 5. The summed E-state index contributed by atoms with van der Waals surface area (Å²) in [5, 5.41) is 9.97. The fraction of sp³-hybridized carbons (Fsp3) is 0.133. The Labute approximate surface area is 144 Å². The van der Waals surface area contributed by atoms with E-state index in [0.717, 1.165) is 16.7 Å². The maximum Gasteiger partial charge on any atom is 0.294 e. The van der Waals surface area contributed by atoms with E-state index in [0.29, 0.717) is 15.8 Å². The van der Waals surface area contributed by atoms with Crippen LogP contribution in [0.1, 0.15) is 5.56 Å². The van der Waals surface area contributed by atoms with Gasteiger partial charge in [-0.2, -0.15) is 0 Å². The molecule has 1 aliphatic heterocycles. The minimum absolute atomic E-state index is 0.0678. The number of nitrogens with zero attached hydrogens (tertiary/aromatic N) is 1. The molecule has 0 radical (unpaired) electrons. The van der Waals surface area contributed by atoms with Gasteiger partial charge in [-0.3, -0.25) is 14.5 Å². The highest BCUT2D eigenvalue weighted by Gasteiger charge is 2.34. The normalized spacial score (nSPS) is 15.8. The van der Waals surface area contributed by atoms with Crippen LogP contribution in [0.4, 0.5) is 4.79 Å². The number of imide groups is 1. The molecule has 23 heavy (non-hydrogen) atoms. The third-order valence-electron chi connectivity index (χ3n) is 2.72. The predicted octanol–water partition coefficient (Wildman–Crippen LogP) is 1.25. The van der Waals surface area contributed by atoms with Crippen molar-refractivity contribution in [3.8, 4) is 18.1 Å². The molecule has 1 aliphatic rings. The first kappa shape index (κ1) is 17.1. The van der Waals surface area contributed by atoms with Gasteiger partial charge in [-0.1, -0.05) is 12.0 Å². The van der Waals surface area contributed by atoms with Gasteiger partial charge in [0.25, 0.3) is 11.1 Å². The van der Waals surface area contributed by atoms with Crippen LogP contribution < -0.4 is 9.84 Å². The second-order valence-electron chi connectivity index (χ2n) is 4.32. The molecule has 1 fully saturated rings. The summed E-state index contributed by atoms with van der Waals surface area (Å²) in [6.45, 7) is -0.634. The molecule has 0 spiro atoms. The van der Waals surface area contributed by atoms with Crippen molar-refractivity contribution in [2.45, 2.75) is 0 Å². The summed E-state index contributed by atoms with van der Waals surface area (Å²) in [7, 11) is 0. The van der Waals surface area contributed by atoms with Crippen molar-refractivity contribution in [1.29, 1.82) is 0 Å². The summed E-state index contributed by atoms with van der Waals surface area (Å²) in [5.74, 6) is 0.818. The lowest BCUT2D eigenvalue weighted by Gasteiger charge is -2.09. The molecule has 8 heteroatoms. The first-order valence-corrected chi connectivity index (χ1v) is 7.84. The zero-order valence-electron chi connectivity index (χ0n) is 11.6. The van der Waals surface area contributed by atoms with Crippen molar-refractivity contribution >= 4 is 50.9 Å². The zero-order valence-corrected chi connectivity index (χ0v) is 14.0. The highest BCUT2D eigenvalue weighted by atomic mass is 79.9. The second kappa shape index (κ2) is 7.35. The fourth-order valence-electron chi connectivity index (χ4n) is 1.74. The standard InChI is InChI=1S/C15H10BrNO5S/c1-2-5-17-14(20)12(23-15(17)21)7-9-3-4-11(10(16)6-9)22-8-13(18)19/h1,3-4,6-7H,5,8H2,(H,18,19)/p-1/b12-7+. The van der Waals surface area contributed by atoms with E-state index in [1.165, 1.54) is 0 Å². The molecule has 0 N–H and O–H groups in total. The molecule has 118 valence electrons. The second-order valence-corrected chi connectivity index (χ2v) is 6.17. The summed E-state index contributed by atoms with van der Waals surface area (Å²) >= 11 is 4.06. The Morgan fingerprint density at radius 2 is 2.22 bits per heavy atom. The summed E-state index contributed by atoms with van der Waals surface area (Å²) in [5.41, 5.74) is 0.642. The Morgan fingerprint density at radius 1 is 1.48 bits per heavy atom. The number of carboxylic acid groups (broad SMARTS) is 1. The molecule has 0 aliphatic carbocycles. The average Bonchev–Trinajstić information content (AvgIpc) is 2.74. The number of carbonyl (C=O) groups excluding carboxylic acids is 3. The van der Waals surface area contributed by atoms with Crippen LogP contribution in [0, 0.1) is 12.3 Å². The molecule has 1 aromatic rings. The maximum atomic E-state index is 12.1. The Hall–Kier alpha value is -2.24. The van der Waals surface area contributed by atoms with E-state index < -0.39 is 23.7 Å². The molecule has 1 aromatic carbocycles. The number of ether oxygens (including phenoxy) is 1. The van der Waals surface area contributed by atoms with Gasteiger partial charge in [0.2, 0.25) is 0 Å². The van der Waals surface area contributed by atoms with E-state index in [-0.39, 0.29) is 11.4 Å². The number of aliphatic carboxylic acids is 1. The Balaban J connectivity index is 2.19. The van der Waals surface area contributed by atoms with Crippen LogP contribution in [0.3, 0.4) is 0 Å². The molecule has 1 heterocycles. The number of carboxylic acids is 1. The molecule has 6 nitrogen and oxygen atoms in total. The van der Waals surface area contributed by atoms with Crippen molar-refractivity contribution < 1.29 is 24.2 Å². The van der Waals surface area contributed by atoms with Crippen molar-refractivity contribution in [1.82, 2.24) is 4.90 Å². The highest BCUT2D eigenvalue weighted by Crippen LogP contribution is 2.33. The zero-order chi connectivity index (χ0) is 17.0. The minimum Gasteiger partial charge on any atom is -0.546 e. The predicted molar refractivity (Wildman–Crippen MR) is 86.2 cm³/mol. The SMILES string of the molecule is C#CCN1C(=O)S/C(=C/c2ccc(OCC(=O)[O-])c(Br)c2)C1=O.